The Balaban J connectivity index is 1.06. The number of nitrogens with two attached hydrogens (primary N) is 1. The van der Waals surface area contributed by atoms with E-state index in [-0.39, 0.29) is 12.4 Å². The SMILES string of the molecule is CCCCCCCCCCCCCCCCCC[C@@H](COP(=O)(O)OC[C@@]1(C)O[C@@H](c2ccc3c(N)ncnn23)[C@H](O)[C@@H]1O)OCc1ccc2ccccc2c1. The molecule has 0 aliphatic carbocycles. The quantitative estimate of drug-likeness (QED) is 0.0335. The number of anilines is 1. The number of hydrogen-bond acceptors (Lipinski definition) is 10. The van der Waals surface area contributed by atoms with Gasteiger partial charge in [-0.3, -0.25) is 9.05 Å². The summed E-state index contributed by atoms with van der Waals surface area (Å²) in [6.07, 6.45) is 18.2. The van der Waals surface area contributed by atoms with E-state index in [9.17, 15) is 19.7 Å². The molecule has 1 aliphatic rings. The lowest BCUT2D eigenvalue weighted by Crippen LogP contribution is -2.44. The van der Waals surface area contributed by atoms with Crippen molar-refractivity contribution < 1.29 is 38.2 Å². The molecule has 1 unspecified atom stereocenters. The highest BCUT2D eigenvalue weighted by Gasteiger charge is 2.53. The number of ether oxygens (including phenoxy) is 2. The molecule has 2 aromatic heterocycles. The fourth-order valence-corrected chi connectivity index (χ4v) is 8.45. The van der Waals surface area contributed by atoms with Crippen LogP contribution in [0.1, 0.15) is 140 Å². The van der Waals surface area contributed by atoms with Gasteiger partial charge in [0.15, 0.2) is 5.82 Å². The number of phosphoric acid groups is 1. The Bertz CT molecular complexity index is 1810. The Morgan fingerprint density at radius 1 is 0.857 bits per heavy atom. The number of aliphatic hydroxyl groups is 2. The van der Waals surface area contributed by atoms with Crippen LogP contribution in [0.4, 0.5) is 5.82 Å². The zero-order valence-electron chi connectivity index (χ0n) is 33.5. The number of fused-ring (bicyclic) bond motifs is 2. The van der Waals surface area contributed by atoms with E-state index >= 15 is 0 Å². The molecule has 4 aromatic rings. The summed E-state index contributed by atoms with van der Waals surface area (Å²) in [5, 5.41) is 28.4. The smallest absolute Gasteiger partial charge is 0.387 e. The lowest BCUT2D eigenvalue weighted by molar-refractivity contribution is -0.101. The van der Waals surface area contributed by atoms with E-state index in [2.05, 4.69) is 41.3 Å². The topological polar surface area (TPSA) is 171 Å². The summed E-state index contributed by atoms with van der Waals surface area (Å²) >= 11 is 0. The highest BCUT2D eigenvalue weighted by Crippen LogP contribution is 2.48. The molecule has 5 N–H and O–H groups in total. The van der Waals surface area contributed by atoms with Gasteiger partial charge in [-0.25, -0.2) is 14.1 Å². The van der Waals surface area contributed by atoms with Gasteiger partial charge in [0.25, 0.3) is 0 Å². The molecule has 13 heteroatoms. The Labute approximate surface area is 332 Å². The van der Waals surface area contributed by atoms with E-state index in [1.807, 2.05) is 18.2 Å². The van der Waals surface area contributed by atoms with Crippen LogP contribution in [0, 0.1) is 0 Å². The van der Waals surface area contributed by atoms with Gasteiger partial charge in [-0.05, 0) is 47.9 Å². The summed E-state index contributed by atoms with van der Waals surface area (Å²) in [5.74, 6) is 0.248. The van der Waals surface area contributed by atoms with Crippen molar-refractivity contribution in [3.8, 4) is 0 Å². The van der Waals surface area contributed by atoms with Crippen molar-refractivity contribution in [1.82, 2.24) is 14.6 Å². The number of phosphoric ester groups is 1. The van der Waals surface area contributed by atoms with Crippen LogP contribution < -0.4 is 5.73 Å². The van der Waals surface area contributed by atoms with Crippen molar-refractivity contribution in [2.75, 3.05) is 18.9 Å². The average molecular weight is 797 g/mol. The second-order valence-corrected chi connectivity index (χ2v) is 17.2. The normalized spacial score (nSPS) is 21.6. The van der Waals surface area contributed by atoms with Crippen molar-refractivity contribution in [2.24, 2.45) is 0 Å². The van der Waals surface area contributed by atoms with Crippen LogP contribution in [-0.2, 0) is 29.7 Å². The van der Waals surface area contributed by atoms with Gasteiger partial charge in [-0.2, -0.15) is 5.10 Å². The molecule has 0 amide bonds. The third kappa shape index (κ3) is 13.0. The molecule has 0 saturated carbocycles. The van der Waals surface area contributed by atoms with Gasteiger partial charge in [-0.1, -0.05) is 146 Å². The first kappa shape index (κ1) is 44.2. The summed E-state index contributed by atoms with van der Waals surface area (Å²) in [6.45, 7) is 3.44. The molecule has 1 saturated heterocycles. The molecule has 56 heavy (non-hydrogen) atoms. The molecule has 5 rings (SSSR count). The molecule has 0 spiro atoms. The number of rotatable bonds is 27. The second kappa shape index (κ2) is 22.3. The van der Waals surface area contributed by atoms with E-state index in [4.69, 9.17) is 24.3 Å². The maximum Gasteiger partial charge on any atom is 0.472 e. The Hall–Kier alpha value is -2.93. The molecule has 310 valence electrons. The van der Waals surface area contributed by atoms with Gasteiger partial charge >= 0.3 is 7.82 Å². The Morgan fingerprint density at radius 2 is 1.48 bits per heavy atom. The minimum Gasteiger partial charge on any atom is -0.387 e. The summed E-state index contributed by atoms with van der Waals surface area (Å²) in [5.41, 5.74) is 6.38. The number of nitrogens with zero attached hydrogens (tertiary/aromatic N) is 3. The number of nitrogen functional groups attached to an aromatic ring is 1. The van der Waals surface area contributed by atoms with E-state index in [1.165, 1.54) is 101 Å². The summed E-state index contributed by atoms with van der Waals surface area (Å²) in [7, 11) is -4.61. The monoisotopic (exact) mass is 796 g/mol. The van der Waals surface area contributed by atoms with Gasteiger partial charge in [0, 0.05) is 0 Å². The van der Waals surface area contributed by atoms with Crippen molar-refractivity contribution in [2.45, 2.75) is 160 Å². The van der Waals surface area contributed by atoms with Crippen LogP contribution >= 0.6 is 7.82 Å². The average Bonchev–Trinajstić information content (AvgIpc) is 3.73. The van der Waals surface area contributed by atoms with Crippen LogP contribution in [0.15, 0.2) is 60.9 Å². The van der Waals surface area contributed by atoms with Gasteiger partial charge < -0.3 is 30.3 Å². The summed E-state index contributed by atoms with van der Waals surface area (Å²) in [6, 6.07) is 17.7. The Kier molecular flexibility index (Phi) is 17.6. The fraction of sp³-hybridized carbons (Fsp3) is 0.628. The van der Waals surface area contributed by atoms with E-state index < -0.39 is 44.4 Å². The lowest BCUT2D eigenvalue weighted by atomic mass is 9.97. The highest BCUT2D eigenvalue weighted by atomic mass is 31.2. The molecular weight excluding hydrogens is 731 g/mol. The minimum absolute atomic E-state index is 0.150. The molecule has 12 nitrogen and oxygen atoms in total. The largest absolute Gasteiger partial charge is 0.472 e. The lowest BCUT2D eigenvalue weighted by Gasteiger charge is -2.28. The first-order valence-electron chi connectivity index (χ1n) is 20.9. The van der Waals surface area contributed by atoms with Gasteiger partial charge in [0.05, 0.1) is 31.6 Å². The van der Waals surface area contributed by atoms with Crippen LogP contribution in [0.5, 0.6) is 0 Å². The third-order valence-corrected chi connectivity index (χ3v) is 12.0. The molecule has 6 atom stereocenters. The van der Waals surface area contributed by atoms with Gasteiger partial charge in [0.1, 0.15) is 35.8 Å². The third-order valence-electron chi connectivity index (χ3n) is 11.1. The van der Waals surface area contributed by atoms with Crippen molar-refractivity contribution in [1.29, 1.82) is 0 Å². The van der Waals surface area contributed by atoms with E-state index in [0.717, 1.165) is 35.6 Å². The van der Waals surface area contributed by atoms with Crippen molar-refractivity contribution in [3.05, 3.63) is 72.2 Å². The van der Waals surface area contributed by atoms with Crippen LogP contribution in [-0.4, -0.2) is 66.8 Å². The molecule has 1 fully saturated rings. The summed E-state index contributed by atoms with van der Waals surface area (Å²) < 4.78 is 37.9. The fourth-order valence-electron chi connectivity index (χ4n) is 7.60. The number of unbranched alkanes of at least 4 members (excludes halogenated alkanes) is 15. The maximum absolute atomic E-state index is 13.2. The zero-order chi connectivity index (χ0) is 39.8. The number of aromatic nitrogens is 3. The first-order chi connectivity index (χ1) is 27.1. The van der Waals surface area contributed by atoms with E-state index in [0.29, 0.717) is 24.2 Å². The predicted molar refractivity (Wildman–Crippen MR) is 220 cm³/mol. The number of hydrogen-bond donors (Lipinski definition) is 4. The van der Waals surface area contributed by atoms with Crippen LogP contribution in [0.3, 0.4) is 0 Å². The molecular formula is C43H65N4O8P. The zero-order valence-corrected chi connectivity index (χ0v) is 34.4. The van der Waals surface area contributed by atoms with E-state index in [1.54, 1.807) is 12.1 Å². The van der Waals surface area contributed by atoms with Crippen molar-refractivity contribution in [3.63, 3.8) is 0 Å². The van der Waals surface area contributed by atoms with Crippen LogP contribution in [0.2, 0.25) is 0 Å². The molecule has 1 aliphatic heterocycles. The predicted octanol–water partition coefficient (Wildman–Crippen LogP) is 9.39. The Morgan fingerprint density at radius 3 is 2.14 bits per heavy atom. The van der Waals surface area contributed by atoms with Gasteiger partial charge in [0.2, 0.25) is 0 Å². The minimum atomic E-state index is -4.61. The number of benzene rings is 2. The highest BCUT2D eigenvalue weighted by molar-refractivity contribution is 7.47. The van der Waals surface area contributed by atoms with Crippen molar-refractivity contribution >= 4 is 29.9 Å². The van der Waals surface area contributed by atoms with Gasteiger partial charge in [-0.15, -0.1) is 0 Å². The molecule has 0 radical (unpaired) electrons. The standard InChI is InChI=1S/C43H65N4O8P/c1-3-4-5-6-7-8-9-10-11-12-13-14-15-16-17-18-23-36(52-29-33-24-25-34-21-19-20-22-35(34)28-33)30-53-56(50,51)54-31-43(2)41(49)39(48)40(55-43)37-26-27-38-42(44)45-32-46-47(37)38/h19-22,24-28,32,36,39-41,48-49H,3-18,23,29-31H2,1-2H3,(H,50,51)(H2,44,45,46)/t36-,39-,40-,41-,43+/m0/s1. The first-order valence-corrected chi connectivity index (χ1v) is 22.4. The number of aliphatic hydroxyl groups excluding tert-OH is 2. The molecule has 0 bridgehead atoms. The molecule has 2 aromatic carbocycles. The second-order valence-electron chi connectivity index (χ2n) is 15.7. The molecule has 3 heterocycles. The maximum atomic E-state index is 13.2. The van der Waals surface area contributed by atoms with Crippen LogP contribution in [0.25, 0.3) is 16.3 Å². The summed E-state index contributed by atoms with van der Waals surface area (Å²) in [4.78, 5) is 14.7.